The van der Waals surface area contributed by atoms with Gasteiger partial charge in [-0.1, -0.05) is 41.4 Å². The highest BCUT2D eigenvalue weighted by Gasteiger charge is 2.10. The second kappa shape index (κ2) is 9.85. The number of pyridine rings is 1. The molecule has 2 aromatic heterocycles. The second-order valence-corrected chi connectivity index (χ2v) is 7.99. The predicted molar refractivity (Wildman–Crippen MR) is 125 cm³/mol. The van der Waals surface area contributed by atoms with Gasteiger partial charge in [-0.15, -0.1) is 0 Å². The number of benzene rings is 2. The van der Waals surface area contributed by atoms with Crippen LogP contribution in [0.1, 0.15) is 17.9 Å². The van der Waals surface area contributed by atoms with Crippen LogP contribution in [0.15, 0.2) is 82.3 Å². The monoisotopic (exact) mass is 467 g/mol. The largest absolute Gasteiger partial charge is 0.441 e. The Morgan fingerprint density at radius 2 is 1.81 bits per heavy atom. The normalized spacial score (nSPS) is 10.8. The Labute approximate surface area is 194 Å². The smallest absolute Gasteiger partial charge is 0.250 e. The van der Waals surface area contributed by atoms with E-state index in [2.05, 4.69) is 10.3 Å². The van der Waals surface area contributed by atoms with Crippen molar-refractivity contribution in [2.24, 2.45) is 0 Å². The highest BCUT2D eigenvalue weighted by Crippen LogP contribution is 2.23. The van der Waals surface area contributed by atoms with Crippen LogP contribution < -0.4 is 10.9 Å². The first kappa shape index (κ1) is 21.9. The number of aromatic nitrogens is 2. The average molecular weight is 468 g/mol. The van der Waals surface area contributed by atoms with Crippen LogP contribution in [0.25, 0.3) is 11.3 Å². The molecule has 162 valence electrons. The molecule has 0 saturated heterocycles. The lowest BCUT2D eigenvalue weighted by Crippen LogP contribution is -2.21. The van der Waals surface area contributed by atoms with Crippen molar-refractivity contribution in [3.8, 4) is 11.3 Å². The van der Waals surface area contributed by atoms with Crippen LogP contribution in [-0.4, -0.2) is 15.5 Å². The van der Waals surface area contributed by atoms with Crippen LogP contribution in [0.3, 0.4) is 0 Å². The summed E-state index contributed by atoms with van der Waals surface area (Å²) in [6.07, 6.45) is 3.76. The van der Waals surface area contributed by atoms with Crippen molar-refractivity contribution in [3.63, 3.8) is 0 Å². The van der Waals surface area contributed by atoms with E-state index in [1.807, 2.05) is 30.3 Å². The van der Waals surface area contributed by atoms with E-state index in [0.717, 1.165) is 11.1 Å². The lowest BCUT2D eigenvalue weighted by Gasteiger charge is -2.10. The van der Waals surface area contributed by atoms with Crippen molar-refractivity contribution in [1.82, 2.24) is 9.55 Å². The Hall–Kier alpha value is -3.35. The number of anilines is 1. The van der Waals surface area contributed by atoms with Gasteiger partial charge < -0.3 is 14.3 Å². The van der Waals surface area contributed by atoms with Gasteiger partial charge in [-0.25, -0.2) is 4.98 Å². The minimum atomic E-state index is -0.209. The third-order valence-corrected chi connectivity index (χ3v) is 5.43. The molecule has 0 atom stereocenters. The first-order chi connectivity index (χ1) is 15.5. The number of nitrogens with zero attached hydrogens (tertiary/aromatic N) is 2. The number of halogens is 2. The highest BCUT2D eigenvalue weighted by molar-refractivity contribution is 6.31. The number of amides is 1. The topological polar surface area (TPSA) is 77.1 Å². The zero-order valence-electron chi connectivity index (χ0n) is 16.9. The summed E-state index contributed by atoms with van der Waals surface area (Å²) in [4.78, 5) is 28.8. The van der Waals surface area contributed by atoms with E-state index in [4.69, 9.17) is 27.6 Å². The van der Waals surface area contributed by atoms with E-state index in [1.165, 1.54) is 10.6 Å². The molecule has 2 aromatic carbocycles. The molecule has 0 saturated carbocycles. The predicted octanol–water partition coefficient (Wildman–Crippen LogP) is 5.43. The van der Waals surface area contributed by atoms with Crippen LogP contribution >= 0.6 is 23.2 Å². The van der Waals surface area contributed by atoms with E-state index in [0.29, 0.717) is 40.3 Å². The van der Waals surface area contributed by atoms with Crippen LogP contribution in [0.4, 0.5) is 5.69 Å². The van der Waals surface area contributed by atoms with Crippen molar-refractivity contribution >= 4 is 34.8 Å². The number of rotatable bonds is 7. The SMILES string of the molecule is O=C(CCc1ncc(-c2ccc(Cl)cc2)o1)Nc1ccc(=O)n(Cc2ccccc2Cl)c1. The maximum absolute atomic E-state index is 12.4. The summed E-state index contributed by atoms with van der Waals surface area (Å²) in [5.41, 5.74) is 2.02. The minimum Gasteiger partial charge on any atom is -0.441 e. The summed E-state index contributed by atoms with van der Waals surface area (Å²) in [5.74, 6) is 0.872. The van der Waals surface area contributed by atoms with Gasteiger partial charge in [0.25, 0.3) is 5.56 Å². The van der Waals surface area contributed by atoms with Gasteiger partial charge >= 0.3 is 0 Å². The molecule has 0 spiro atoms. The first-order valence-corrected chi connectivity index (χ1v) is 10.7. The molecule has 0 aliphatic heterocycles. The lowest BCUT2D eigenvalue weighted by molar-refractivity contribution is -0.116. The zero-order chi connectivity index (χ0) is 22.5. The fraction of sp³-hybridized carbons (Fsp3) is 0.125. The zero-order valence-corrected chi connectivity index (χ0v) is 18.4. The van der Waals surface area contributed by atoms with Crippen molar-refractivity contribution < 1.29 is 9.21 Å². The van der Waals surface area contributed by atoms with Crippen molar-refractivity contribution in [1.29, 1.82) is 0 Å². The first-order valence-electron chi connectivity index (χ1n) is 9.92. The van der Waals surface area contributed by atoms with Crippen LogP contribution in [-0.2, 0) is 17.8 Å². The van der Waals surface area contributed by atoms with Crippen molar-refractivity contribution in [3.05, 3.63) is 105 Å². The van der Waals surface area contributed by atoms with Gasteiger partial charge in [0.2, 0.25) is 5.91 Å². The van der Waals surface area contributed by atoms with Gasteiger partial charge in [0.1, 0.15) is 0 Å². The quantitative estimate of drug-likeness (QED) is 0.393. The van der Waals surface area contributed by atoms with Gasteiger partial charge in [0, 0.05) is 40.7 Å². The summed E-state index contributed by atoms with van der Waals surface area (Å²) < 4.78 is 7.23. The molecule has 8 heteroatoms. The van der Waals surface area contributed by atoms with E-state index >= 15 is 0 Å². The summed E-state index contributed by atoms with van der Waals surface area (Å²) in [6.45, 7) is 0.312. The fourth-order valence-electron chi connectivity index (χ4n) is 3.16. The number of hydrogen-bond acceptors (Lipinski definition) is 4. The molecule has 2 heterocycles. The number of aryl methyl sites for hydroxylation is 1. The van der Waals surface area contributed by atoms with Crippen LogP contribution in [0.5, 0.6) is 0 Å². The van der Waals surface area contributed by atoms with E-state index < -0.39 is 0 Å². The molecule has 0 bridgehead atoms. The Kier molecular flexibility index (Phi) is 6.73. The molecule has 0 aliphatic carbocycles. The molecule has 4 rings (SSSR count). The Morgan fingerprint density at radius 3 is 2.59 bits per heavy atom. The molecule has 1 N–H and O–H groups in total. The van der Waals surface area contributed by atoms with Gasteiger partial charge in [-0.2, -0.15) is 0 Å². The van der Waals surface area contributed by atoms with Gasteiger partial charge in [0.15, 0.2) is 11.7 Å². The van der Waals surface area contributed by atoms with E-state index in [-0.39, 0.29) is 17.9 Å². The maximum atomic E-state index is 12.4. The maximum Gasteiger partial charge on any atom is 0.250 e. The highest BCUT2D eigenvalue weighted by atomic mass is 35.5. The fourth-order valence-corrected chi connectivity index (χ4v) is 3.48. The molecule has 1 amide bonds. The van der Waals surface area contributed by atoms with E-state index in [1.54, 1.807) is 36.7 Å². The minimum absolute atomic E-state index is 0.183. The number of oxazole rings is 1. The molecule has 0 radical (unpaired) electrons. The molecular formula is C24H19Cl2N3O3. The molecule has 4 aromatic rings. The number of carbonyl (C=O) groups is 1. The third kappa shape index (κ3) is 5.46. The third-order valence-electron chi connectivity index (χ3n) is 4.81. The van der Waals surface area contributed by atoms with Gasteiger partial charge in [0.05, 0.1) is 18.4 Å². The van der Waals surface area contributed by atoms with Gasteiger partial charge in [-0.3, -0.25) is 9.59 Å². The van der Waals surface area contributed by atoms with E-state index in [9.17, 15) is 9.59 Å². The number of nitrogens with one attached hydrogen (secondary N) is 1. The molecule has 0 unspecified atom stereocenters. The standard InChI is InChI=1S/C24H19Cl2N3O3/c25-18-7-5-16(6-8-18)21-13-27-23(32-21)11-10-22(30)28-19-9-12-24(31)29(15-19)14-17-3-1-2-4-20(17)26/h1-9,12-13,15H,10-11,14H2,(H,28,30). The summed E-state index contributed by atoms with van der Waals surface area (Å²) in [5, 5.41) is 4.03. The Bertz CT molecular complexity index is 1300. The van der Waals surface area contributed by atoms with Crippen molar-refractivity contribution in [2.45, 2.75) is 19.4 Å². The summed E-state index contributed by atoms with van der Waals surface area (Å²) in [6, 6.07) is 17.6. The number of carbonyl (C=O) groups excluding carboxylic acids is 1. The van der Waals surface area contributed by atoms with Crippen LogP contribution in [0, 0.1) is 0 Å². The summed E-state index contributed by atoms with van der Waals surface area (Å²) >= 11 is 12.1. The lowest BCUT2D eigenvalue weighted by atomic mass is 10.2. The van der Waals surface area contributed by atoms with Crippen molar-refractivity contribution in [2.75, 3.05) is 5.32 Å². The molecule has 0 aliphatic rings. The molecule has 6 nitrogen and oxygen atoms in total. The Balaban J connectivity index is 1.37. The van der Waals surface area contributed by atoms with Crippen LogP contribution in [0.2, 0.25) is 10.0 Å². The molecular weight excluding hydrogens is 449 g/mol. The second-order valence-electron chi connectivity index (χ2n) is 7.15. The molecule has 0 fully saturated rings. The number of hydrogen-bond donors (Lipinski definition) is 1. The molecule has 32 heavy (non-hydrogen) atoms. The summed E-state index contributed by atoms with van der Waals surface area (Å²) in [7, 11) is 0. The van der Waals surface area contributed by atoms with Gasteiger partial charge in [-0.05, 0) is 42.0 Å². The average Bonchev–Trinajstić information content (AvgIpc) is 3.26. The Morgan fingerprint density at radius 1 is 1.03 bits per heavy atom.